The summed E-state index contributed by atoms with van der Waals surface area (Å²) >= 11 is 0. The van der Waals surface area contributed by atoms with Gasteiger partial charge in [-0.3, -0.25) is 4.79 Å². The fourth-order valence-corrected chi connectivity index (χ4v) is 4.13. The van der Waals surface area contributed by atoms with Crippen molar-refractivity contribution in [3.63, 3.8) is 0 Å². The molecule has 0 aromatic heterocycles. The Bertz CT molecular complexity index is 668. The molecular formula is C17H25FN2O3S. The Hall–Kier alpha value is -1.47. The van der Waals surface area contributed by atoms with Crippen molar-refractivity contribution in [2.24, 2.45) is 5.92 Å². The first-order valence-electron chi connectivity index (χ1n) is 8.19. The number of carbonyl (C=O) groups excluding carboxylic acids is 1. The number of hydrogen-bond acceptors (Lipinski definition) is 3. The molecule has 1 aliphatic carbocycles. The maximum absolute atomic E-state index is 13.0. The van der Waals surface area contributed by atoms with E-state index in [4.69, 9.17) is 0 Å². The summed E-state index contributed by atoms with van der Waals surface area (Å²) in [7, 11) is -0.699. The quantitative estimate of drug-likeness (QED) is 0.814. The monoisotopic (exact) mass is 356 g/mol. The highest BCUT2D eigenvalue weighted by Crippen LogP contribution is 2.26. The molecule has 0 aliphatic heterocycles. The van der Waals surface area contributed by atoms with Crippen LogP contribution < -0.4 is 0 Å². The van der Waals surface area contributed by atoms with Gasteiger partial charge in [-0.25, -0.2) is 12.8 Å². The average Bonchev–Trinajstić information content (AvgIpc) is 2.55. The first-order valence-corrected chi connectivity index (χ1v) is 9.63. The van der Waals surface area contributed by atoms with E-state index in [2.05, 4.69) is 6.92 Å². The molecule has 0 radical (unpaired) electrons. The van der Waals surface area contributed by atoms with E-state index < -0.39 is 15.8 Å². The van der Waals surface area contributed by atoms with Gasteiger partial charge in [0.1, 0.15) is 5.82 Å². The minimum Gasteiger partial charge on any atom is -0.342 e. The predicted octanol–water partition coefficient (Wildman–Crippen LogP) is 2.48. The summed E-state index contributed by atoms with van der Waals surface area (Å²) in [5, 5.41) is 0. The molecule has 134 valence electrons. The Morgan fingerprint density at radius 2 is 1.67 bits per heavy atom. The number of sulfonamides is 1. The van der Waals surface area contributed by atoms with Crippen LogP contribution in [0.4, 0.5) is 4.39 Å². The zero-order valence-corrected chi connectivity index (χ0v) is 15.2. The standard InChI is InChI=1S/C17H25FN2O3S/c1-13-4-8-15(9-5-13)20(3)17(21)12-19(2)24(22,23)16-10-6-14(18)7-11-16/h6-7,10-11,13,15H,4-5,8-9,12H2,1-3H3. The Kier molecular flexibility index (Phi) is 5.98. The van der Waals surface area contributed by atoms with Crippen molar-refractivity contribution >= 4 is 15.9 Å². The van der Waals surface area contributed by atoms with Crippen LogP contribution in [0.1, 0.15) is 32.6 Å². The molecule has 1 amide bonds. The second-order valence-corrected chi connectivity index (χ2v) is 8.68. The van der Waals surface area contributed by atoms with E-state index >= 15 is 0 Å². The molecule has 7 heteroatoms. The number of nitrogens with zero attached hydrogens (tertiary/aromatic N) is 2. The van der Waals surface area contributed by atoms with Gasteiger partial charge >= 0.3 is 0 Å². The van der Waals surface area contributed by atoms with Crippen LogP contribution in [0.25, 0.3) is 0 Å². The van der Waals surface area contributed by atoms with E-state index in [0.29, 0.717) is 5.92 Å². The van der Waals surface area contributed by atoms with Gasteiger partial charge in [0, 0.05) is 20.1 Å². The Balaban J connectivity index is 2.01. The molecule has 1 saturated carbocycles. The summed E-state index contributed by atoms with van der Waals surface area (Å²) < 4.78 is 38.9. The van der Waals surface area contributed by atoms with E-state index in [0.717, 1.165) is 42.1 Å². The van der Waals surface area contributed by atoms with Crippen LogP contribution in [0.3, 0.4) is 0 Å². The van der Waals surface area contributed by atoms with Gasteiger partial charge < -0.3 is 4.90 Å². The first-order chi connectivity index (χ1) is 11.2. The molecule has 1 aromatic carbocycles. The van der Waals surface area contributed by atoms with Gasteiger partial charge in [0.15, 0.2) is 0 Å². The molecule has 1 fully saturated rings. The van der Waals surface area contributed by atoms with Crippen molar-refractivity contribution in [1.29, 1.82) is 0 Å². The molecule has 0 unspecified atom stereocenters. The van der Waals surface area contributed by atoms with Crippen LogP contribution in [-0.4, -0.2) is 50.2 Å². The van der Waals surface area contributed by atoms with E-state index in [1.54, 1.807) is 11.9 Å². The van der Waals surface area contributed by atoms with E-state index in [-0.39, 0.29) is 23.4 Å². The highest BCUT2D eigenvalue weighted by Gasteiger charge is 2.28. The minimum absolute atomic E-state index is 0.0201. The van der Waals surface area contributed by atoms with Crippen LogP contribution in [0.2, 0.25) is 0 Å². The molecule has 1 aromatic rings. The van der Waals surface area contributed by atoms with Crippen LogP contribution in [0.15, 0.2) is 29.2 Å². The van der Waals surface area contributed by atoms with Crippen LogP contribution in [-0.2, 0) is 14.8 Å². The predicted molar refractivity (Wildman–Crippen MR) is 90.4 cm³/mol. The number of halogens is 1. The van der Waals surface area contributed by atoms with Crippen LogP contribution in [0.5, 0.6) is 0 Å². The Labute approximate surface area is 143 Å². The lowest BCUT2D eigenvalue weighted by atomic mass is 9.87. The van der Waals surface area contributed by atoms with Crippen LogP contribution >= 0.6 is 0 Å². The minimum atomic E-state index is -3.80. The molecule has 1 aliphatic rings. The van der Waals surface area contributed by atoms with Gasteiger partial charge in [-0.05, 0) is 55.9 Å². The molecule has 5 nitrogen and oxygen atoms in total. The van der Waals surface area contributed by atoms with E-state index in [1.165, 1.54) is 19.2 Å². The second kappa shape index (κ2) is 7.61. The molecule has 0 atom stereocenters. The SMILES string of the molecule is CC1CCC(N(C)C(=O)CN(C)S(=O)(=O)c2ccc(F)cc2)CC1. The second-order valence-electron chi connectivity index (χ2n) is 6.63. The number of amides is 1. The molecule has 0 bridgehead atoms. The summed E-state index contributed by atoms with van der Waals surface area (Å²) in [4.78, 5) is 14.1. The summed E-state index contributed by atoms with van der Waals surface area (Å²) in [5.74, 6) is -0.0343. The van der Waals surface area contributed by atoms with E-state index in [9.17, 15) is 17.6 Å². The zero-order chi connectivity index (χ0) is 17.9. The van der Waals surface area contributed by atoms with Crippen molar-refractivity contribution in [3.05, 3.63) is 30.1 Å². The van der Waals surface area contributed by atoms with Gasteiger partial charge in [0.2, 0.25) is 15.9 Å². The van der Waals surface area contributed by atoms with E-state index in [1.807, 2.05) is 0 Å². The fourth-order valence-electron chi connectivity index (χ4n) is 3.01. The van der Waals surface area contributed by atoms with Gasteiger partial charge in [-0.15, -0.1) is 0 Å². The van der Waals surface area contributed by atoms with Crippen molar-refractivity contribution in [2.45, 2.75) is 43.5 Å². The highest BCUT2D eigenvalue weighted by atomic mass is 32.2. The van der Waals surface area contributed by atoms with Crippen LogP contribution in [0, 0.1) is 11.7 Å². The maximum atomic E-state index is 13.0. The normalized spacial score (nSPS) is 21.7. The number of hydrogen-bond donors (Lipinski definition) is 0. The summed E-state index contributed by atoms with van der Waals surface area (Å²) in [6, 6.07) is 4.78. The van der Waals surface area contributed by atoms with Gasteiger partial charge in [0.05, 0.1) is 11.4 Å². The number of carbonyl (C=O) groups is 1. The lowest BCUT2D eigenvalue weighted by Crippen LogP contribution is -2.45. The smallest absolute Gasteiger partial charge is 0.243 e. The summed E-state index contributed by atoms with van der Waals surface area (Å²) in [5.41, 5.74) is 0. The van der Waals surface area contributed by atoms with Gasteiger partial charge in [-0.2, -0.15) is 4.31 Å². The molecular weight excluding hydrogens is 331 g/mol. The third kappa shape index (κ3) is 4.33. The fraction of sp³-hybridized carbons (Fsp3) is 0.588. The average molecular weight is 356 g/mol. The van der Waals surface area contributed by atoms with Crippen molar-refractivity contribution in [1.82, 2.24) is 9.21 Å². The number of likely N-dealkylation sites (N-methyl/N-ethyl adjacent to an activating group) is 2. The number of benzene rings is 1. The molecule has 24 heavy (non-hydrogen) atoms. The molecule has 2 rings (SSSR count). The summed E-state index contributed by atoms with van der Waals surface area (Å²) in [6.45, 7) is 1.99. The maximum Gasteiger partial charge on any atom is 0.243 e. The molecule has 0 N–H and O–H groups in total. The highest BCUT2D eigenvalue weighted by molar-refractivity contribution is 7.89. The number of rotatable bonds is 5. The molecule has 0 saturated heterocycles. The molecule has 0 heterocycles. The Morgan fingerprint density at radius 1 is 1.12 bits per heavy atom. The lowest BCUT2D eigenvalue weighted by molar-refractivity contribution is -0.132. The van der Waals surface area contributed by atoms with Crippen molar-refractivity contribution in [2.75, 3.05) is 20.6 Å². The third-order valence-electron chi connectivity index (χ3n) is 4.81. The van der Waals surface area contributed by atoms with Crippen molar-refractivity contribution < 1.29 is 17.6 Å². The zero-order valence-electron chi connectivity index (χ0n) is 14.4. The van der Waals surface area contributed by atoms with Gasteiger partial charge in [-0.1, -0.05) is 6.92 Å². The lowest BCUT2D eigenvalue weighted by Gasteiger charge is -2.34. The third-order valence-corrected chi connectivity index (χ3v) is 6.62. The van der Waals surface area contributed by atoms with Gasteiger partial charge in [0.25, 0.3) is 0 Å². The Morgan fingerprint density at radius 3 is 2.21 bits per heavy atom. The molecule has 0 spiro atoms. The largest absolute Gasteiger partial charge is 0.342 e. The topological polar surface area (TPSA) is 57.7 Å². The summed E-state index contributed by atoms with van der Waals surface area (Å²) in [6.07, 6.45) is 4.09. The van der Waals surface area contributed by atoms with Crippen molar-refractivity contribution in [3.8, 4) is 0 Å². The first kappa shape index (κ1) is 18.9.